The average Bonchev–Trinajstić information content (AvgIpc) is 3.13. The highest BCUT2D eigenvalue weighted by Gasteiger charge is 2.78. The van der Waals surface area contributed by atoms with Crippen LogP contribution in [0.5, 0.6) is 11.5 Å². The van der Waals surface area contributed by atoms with Crippen LogP contribution in [0.4, 0.5) is 0 Å². The zero-order valence-electron chi connectivity index (χ0n) is 15.3. The van der Waals surface area contributed by atoms with E-state index in [9.17, 15) is 15.2 Å². The Kier molecular flexibility index (Phi) is 5.38. The summed E-state index contributed by atoms with van der Waals surface area (Å²) in [7, 11) is 0. The van der Waals surface area contributed by atoms with E-state index in [-0.39, 0.29) is 4.49 Å². The van der Waals surface area contributed by atoms with E-state index in [1.165, 1.54) is 12.3 Å². The summed E-state index contributed by atoms with van der Waals surface area (Å²) in [5.41, 5.74) is -1.72. The van der Waals surface area contributed by atoms with Gasteiger partial charge in [0.1, 0.15) is 27.3 Å². The minimum absolute atomic E-state index is 0.0162. The summed E-state index contributed by atoms with van der Waals surface area (Å²) in [5, 5.41) is 19.8. The molecule has 1 aromatic carbocycles. The molecule has 0 amide bonds. The third-order valence-electron chi connectivity index (χ3n) is 5.52. The lowest BCUT2D eigenvalue weighted by atomic mass is 9.80. The molecule has 144 valence electrons. The van der Waals surface area contributed by atoms with Crippen LogP contribution >= 0.6 is 23.2 Å². The maximum Gasteiger partial charge on any atom is 0.312 e. The van der Waals surface area contributed by atoms with Crippen LogP contribution in [0.2, 0.25) is 0 Å². The van der Waals surface area contributed by atoms with Crippen LogP contribution in [0.3, 0.4) is 0 Å². The number of carbonyl (C=O) groups is 1. The molecule has 1 aliphatic rings. The molecule has 1 heterocycles. The van der Waals surface area contributed by atoms with Gasteiger partial charge in [0, 0.05) is 5.92 Å². The van der Waals surface area contributed by atoms with Crippen LogP contribution in [0, 0.1) is 28.1 Å². The molecule has 2 aromatic rings. The second-order valence-corrected chi connectivity index (χ2v) is 8.23. The van der Waals surface area contributed by atoms with Gasteiger partial charge in [0.25, 0.3) is 0 Å². The van der Waals surface area contributed by atoms with E-state index in [1.807, 2.05) is 30.3 Å². The van der Waals surface area contributed by atoms with Crippen molar-refractivity contribution in [3.63, 3.8) is 0 Å². The second kappa shape index (κ2) is 7.46. The van der Waals surface area contributed by atoms with Gasteiger partial charge in [0.15, 0.2) is 0 Å². The number of para-hydroxylation sites is 1. The van der Waals surface area contributed by atoms with Crippen LogP contribution in [-0.2, 0) is 4.79 Å². The van der Waals surface area contributed by atoms with Crippen LogP contribution in [0.1, 0.15) is 25.5 Å². The molecule has 28 heavy (non-hydrogen) atoms. The highest BCUT2D eigenvalue weighted by Crippen LogP contribution is 2.75. The minimum atomic E-state index is -1.37. The number of carboxylic acids is 1. The van der Waals surface area contributed by atoms with Crippen molar-refractivity contribution >= 4 is 29.2 Å². The van der Waals surface area contributed by atoms with E-state index in [1.54, 1.807) is 26.0 Å². The monoisotopic (exact) mass is 416 g/mol. The number of halogens is 2. The molecule has 1 saturated carbocycles. The minimum Gasteiger partial charge on any atom is -0.481 e. The Morgan fingerprint density at radius 1 is 1.25 bits per heavy atom. The molecule has 3 unspecified atom stereocenters. The number of benzene rings is 1. The van der Waals surface area contributed by atoms with Crippen molar-refractivity contribution in [1.82, 2.24) is 4.98 Å². The summed E-state index contributed by atoms with van der Waals surface area (Å²) in [6, 6.07) is 14.6. The fourth-order valence-corrected chi connectivity index (χ4v) is 4.29. The number of rotatable bonds is 6. The molecule has 0 bridgehead atoms. The third kappa shape index (κ3) is 3.23. The largest absolute Gasteiger partial charge is 0.481 e. The van der Waals surface area contributed by atoms with Gasteiger partial charge in [0.05, 0.1) is 18.0 Å². The lowest BCUT2D eigenvalue weighted by Crippen LogP contribution is -2.29. The van der Waals surface area contributed by atoms with E-state index in [4.69, 9.17) is 27.9 Å². The van der Waals surface area contributed by atoms with Crippen LogP contribution in [0.25, 0.3) is 0 Å². The average molecular weight is 417 g/mol. The summed E-state index contributed by atoms with van der Waals surface area (Å²) < 4.78 is 5.69. The predicted octanol–water partition coefficient (Wildman–Crippen LogP) is 5.53. The number of aromatic nitrogens is 1. The standard InChI is InChI=1S/C21H18Cl2N2O3/c1-20(2)17(10-18(22)23)21(20,19(26)27)15(11-24)16-9-8-14(12-25-16)28-13-6-4-3-5-7-13/h3-10,12,15,17H,1-2H3,(H,26,27). The van der Waals surface area contributed by atoms with Gasteiger partial charge in [0.2, 0.25) is 0 Å². The van der Waals surface area contributed by atoms with E-state index in [0.29, 0.717) is 17.2 Å². The number of aliphatic carboxylic acids is 1. The molecular formula is C21H18Cl2N2O3. The molecule has 5 nitrogen and oxygen atoms in total. The highest BCUT2D eigenvalue weighted by molar-refractivity contribution is 6.55. The van der Waals surface area contributed by atoms with Crippen LogP contribution in [0.15, 0.2) is 59.2 Å². The number of hydrogen-bond donors (Lipinski definition) is 1. The van der Waals surface area contributed by atoms with Crippen molar-refractivity contribution in [1.29, 1.82) is 5.26 Å². The zero-order valence-corrected chi connectivity index (χ0v) is 16.8. The van der Waals surface area contributed by atoms with E-state index >= 15 is 0 Å². The summed E-state index contributed by atoms with van der Waals surface area (Å²) >= 11 is 11.6. The normalized spacial score (nSPS) is 23.2. The lowest BCUT2D eigenvalue weighted by molar-refractivity contribution is -0.145. The van der Waals surface area contributed by atoms with Gasteiger partial charge in [-0.15, -0.1) is 0 Å². The molecule has 7 heteroatoms. The highest BCUT2D eigenvalue weighted by atomic mass is 35.5. The summed E-state index contributed by atoms with van der Waals surface area (Å²) in [4.78, 5) is 16.6. The molecule has 0 aliphatic heterocycles. The summed E-state index contributed by atoms with van der Waals surface area (Å²) in [6.45, 7) is 3.58. The first kappa shape index (κ1) is 20.2. The number of pyridine rings is 1. The summed E-state index contributed by atoms with van der Waals surface area (Å²) in [5.74, 6) is -1.40. The van der Waals surface area contributed by atoms with Crippen molar-refractivity contribution in [2.24, 2.45) is 16.7 Å². The molecule has 0 radical (unpaired) electrons. The Morgan fingerprint density at radius 2 is 1.93 bits per heavy atom. The van der Waals surface area contributed by atoms with Crippen LogP contribution < -0.4 is 4.74 Å². The maximum absolute atomic E-state index is 12.3. The molecule has 3 atom stereocenters. The number of nitriles is 1. The van der Waals surface area contributed by atoms with Gasteiger partial charge in [-0.3, -0.25) is 9.78 Å². The molecule has 0 saturated heterocycles. The zero-order chi connectivity index (χ0) is 20.5. The molecule has 1 aromatic heterocycles. The number of allylic oxidation sites excluding steroid dienone is 1. The Hall–Kier alpha value is -2.55. The molecule has 3 rings (SSSR count). The fraction of sp³-hybridized carbons (Fsp3) is 0.286. The predicted molar refractivity (Wildman–Crippen MR) is 106 cm³/mol. The molecule has 1 aliphatic carbocycles. The molecule has 1 fully saturated rings. The lowest BCUT2D eigenvalue weighted by Gasteiger charge is -2.21. The van der Waals surface area contributed by atoms with Gasteiger partial charge in [-0.25, -0.2) is 0 Å². The smallest absolute Gasteiger partial charge is 0.312 e. The van der Waals surface area contributed by atoms with Crippen molar-refractivity contribution in [2.75, 3.05) is 0 Å². The second-order valence-electron chi connectivity index (χ2n) is 7.23. The van der Waals surface area contributed by atoms with Gasteiger partial charge in [-0.05, 0) is 35.8 Å². The first-order valence-electron chi connectivity index (χ1n) is 8.59. The number of hydrogen-bond acceptors (Lipinski definition) is 4. The van der Waals surface area contributed by atoms with Crippen molar-refractivity contribution in [3.05, 3.63) is 64.9 Å². The maximum atomic E-state index is 12.3. The topological polar surface area (TPSA) is 83.2 Å². The van der Waals surface area contributed by atoms with E-state index < -0.39 is 28.6 Å². The third-order valence-corrected chi connectivity index (χ3v) is 5.77. The van der Waals surface area contributed by atoms with Crippen LogP contribution in [-0.4, -0.2) is 16.1 Å². The molecule has 1 N–H and O–H groups in total. The number of carboxylic acid groups (broad SMARTS) is 1. The quantitative estimate of drug-likeness (QED) is 0.669. The number of nitrogens with zero attached hydrogens (tertiary/aromatic N) is 2. The van der Waals surface area contributed by atoms with E-state index in [0.717, 1.165) is 0 Å². The first-order valence-corrected chi connectivity index (χ1v) is 9.35. The SMILES string of the molecule is CC1(C)C(C=C(Cl)Cl)C1(C(=O)O)C(C#N)c1ccc(Oc2ccccc2)cn1. The van der Waals surface area contributed by atoms with E-state index in [2.05, 4.69) is 11.1 Å². The van der Waals surface area contributed by atoms with Crippen molar-refractivity contribution < 1.29 is 14.6 Å². The van der Waals surface area contributed by atoms with Crippen molar-refractivity contribution in [3.8, 4) is 17.6 Å². The number of ether oxygens (including phenoxy) is 1. The van der Waals surface area contributed by atoms with Gasteiger partial charge >= 0.3 is 5.97 Å². The molecular weight excluding hydrogens is 399 g/mol. The fourth-order valence-electron chi connectivity index (χ4n) is 4.04. The Balaban J connectivity index is 1.93. The Bertz CT molecular complexity index is 948. The Morgan fingerprint density at radius 3 is 2.43 bits per heavy atom. The van der Waals surface area contributed by atoms with Gasteiger partial charge < -0.3 is 9.84 Å². The first-order chi connectivity index (χ1) is 13.2. The molecule has 0 spiro atoms. The van der Waals surface area contributed by atoms with Gasteiger partial charge in [-0.1, -0.05) is 55.2 Å². The summed E-state index contributed by atoms with van der Waals surface area (Å²) in [6.07, 6.45) is 2.98. The Labute approximate surface area is 173 Å². The van der Waals surface area contributed by atoms with Gasteiger partial charge in [-0.2, -0.15) is 5.26 Å². The van der Waals surface area contributed by atoms with Crippen molar-refractivity contribution in [2.45, 2.75) is 19.8 Å².